The first-order valence-corrected chi connectivity index (χ1v) is 25.7. The van der Waals surface area contributed by atoms with Crippen molar-refractivity contribution < 1.29 is 28.6 Å². The van der Waals surface area contributed by atoms with Gasteiger partial charge >= 0.3 is 17.9 Å². The highest BCUT2D eigenvalue weighted by Crippen LogP contribution is 2.16. The van der Waals surface area contributed by atoms with Crippen LogP contribution in [0.2, 0.25) is 0 Å². The largest absolute Gasteiger partial charge is 0.462 e. The maximum Gasteiger partial charge on any atom is 0.306 e. The first-order valence-electron chi connectivity index (χ1n) is 25.7. The van der Waals surface area contributed by atoms with Gasteiger partial charge in [-0.05, 0) is 57.8 Å². The minimum Gasteiger partial charge on any atom is -0.462 e. The predicted molar refractivity (Wildman–Crippen MR) is 256 cm³/mol. The third kappa shape index (κ3) is 46.4. The summed E-state index contributed by atoms with van der Waals surface area (Å²) < 4.78 is 16.8. The molecule has 60 heavy (non-hydrogen) atoms. The molecule has 6 nitrogen and oxygen atoms in total. The van der Waals surface area contributed by atoms with Gasteiger partial charge in [0.15, 0.2) is 6.10 Å². The summed E-state index contributed by atoms with van der Waals surface area (Å²) in [4.78, 5) is 37.9. The number of unbranched alkanes of at least 4 members (excludes halogenated alkanes) is 29. The zero-order valence-corrected chi connectivity index (χ0v) is 39.7. The van der Waals surface area contributed by atoms with Crippen LogP contribution in [0.15, 0.2) is 48.6 Å². The zero-order chi connectivity index (χ0) is 43.7. The first-order chi connectivity index (χ1) is 29.5. The van der Waals surface area contributed by atoms with Gasteiger partial charge in [0.05, 0.1) is 0 Å². The van der Waals surface area contributed by atoms with E-state index in [1.54, 1.807) is 0 Å². The van der Waals surface area contributed by atoms with Crippen LogP contribution in [0.1, 0.15) is 258 Å². The van der Waals surface area contributed by atoms with Crippen LogP contribution in [0.3, 0.4) is 0 Å². The van der Waals surface area contributed by atoms with E-state index in [2.05, 4.69) is 69.4 Å². The second-order valence-electron chi connectivity index (χ2n) is 17.1. The number of carbonyl (C=O) groups is 3. The molecule has 0 saturated carbocycles. The molecule has 0 aliphatic heterocycles. The lowest BCUT2D eigenvalue weighted by atomic mass is 10.0. The van der Waals surface area contributed by atoms with Crippen LogP contribution in [-0.2, 0) is 28.6 Å². The van der Waals surface area contributed by atoms with Gasteiger partial charge in [-0.3, -0.25) is 14.4 Å². The van der Waals surface area contributed by atoms with Gasteiger partial charge in [-0.15, -0.1) is 0 Å². The third-order valence-electron chi connectivity index (χ3n) is 11.1. The van der Waals surface area contributed by atoms with Crippen molar-refractivity contribution in [1.29, 1.82) is 0 Å². The Morgan fingerprint density at radius 3 is 1.10 bits per heavy atom. The Balaban J connectivity index is 4.33. The predicted octanol–water partition coefficient (Wildman–Crippen LogP) is 16.7. The molecule has 348 valence electrons. The molecule has 0 aromatic rings. The van der Waals surface area contributed by atoms with E-state index in [1.807, 2.05) is 0 Å². The van der Waals surface area contributed by atoms with E-state index < -0.39 is 6.10 Å². The van der Waals surface area contributed by atoms with E-state index in [1.165, 1.54) is 128 Å². The van der Waals surface area contributed by atoms with Crippen molar-refractivity contribution in [1.82, 2.24) is 0 Å². The molecule has 0 radical (unpaired) electrons. The third-order valence-corrected chi connectivity index (χ3v) is 11.1. The normalized spacial score (nSPS) is 12.4. The van der Waals surface area contributed by atoms with E-state index in [9.17, 15) is 14.4 Å². The first kappa shape index (κ1) is 57.4. The summed E-state index contributed by atoms with van der Waals surface area (Å²) in [5, 5.41) is 0. The Morgan fingerprint density at radius 1 is 0.350 bits per heavy atom. The Labute approximate surface area is 371 Å². The standard InChI is InChI=1S/C54H96O6/c1-4-7-10-13-16-19-22-24-26-27-29-30-32-35-38-41-44-47-53(56)59-50-51(49-58-52(55)46-43-40-37-34-21-18-15-12-9-6-3)60-54(57)48-45-42-39-36-33-31-28-25-23-20-17-14-11-8-5-2/h8,11,14-15,17-18,20,23,51H,4-7,9-10,12-13,16,19,21-22,24-50H2,1-3H3/b11-8-,17-14-,18-15-,23-20-. The topological polar surface area (TPSA) is 78.9 Å². The average molecular weight is 841 g/mol. The Hall–Kier alpha value is -2.63. The van der Waals surface area contributed by atoms with Crippen LogP contribution >= 0.6 is 0 Å². The van der Waals surface area contributed by atoms with Crippen LogP contribution in [0.4, 0.5) is 0 Å². The molecule has 0 aromatic heterocycles. The fraction of sp³-hybridized carbons (Fsp3) is 0.796. The van der Waals surface area contributed by atoms with Gasteiger partial charge in [-0.2, -0.15) is 0 Å². The van der Waals surface area contributed by atoms with Crippen molar-refractivity contribution in [2.45, 2.75) is 264 Å². The molecule has 0 saturated heterocycles. The highest BCUT2D eigenvalue weighted by atomic mass is 16.6. The van der Waals surface area contributed by atoms with E-state index in [-0.39, 0.29) is 31.1 Å². The lowest BCUT2D eigenvalue weighted by Crippen LogP contribution is -2.30. The van der Waals surface area contributed by atoms with Gasteiger partial charge in [-0.25, -0.2) is 0 Å². The van der Waals surface area contributed by atoms with Gasteiger partial charge in [0.1, 0.15) is 13.2 Å². The molecule has 1 atom stereocenters. The summed E-state index contributed by atoms with van der Waals surface area (Å²) in [7, 11) is 0. The van der Waals surface area contributed by atoms with Gasteiger partial charge in [0.25, 0.3) is 0 Å². The fourth-order valence-corrected chi connectivity index (χ4v) is 7.25. The fourth-order valence-electron chi connectivity index (χ4n) is 7.25. The molecule has 0 heterocycles. The monoisotopic (exact) mass is 841 g/mol. The lowest BCUT2D eigenvalue weighted by molar-refractivity contribution is -0.167. The molecule has 0 fully saturated rings. The number of hydrogen-bond donors (Lipinski definition) is 0. The molecule has 0 bridgehead atoms. The van der Waals surface area contributed by atoms with E-state index in [0.29, 0.717) is 19.3 Å². The number of esters is 3. The maximum absolute atomic E-state index is 12.8. The van der Waals surface area contributed by atoms with Crippen molar-refractivity contribution in [3.05, 3.63) is 48.6 Å². The number of allylic oxidation sites excluding steroid dienone is 8. The molecule has 0 aromatic carbocycles. The Kier molecular flexibility index (Phi) is 46.9. The molecule has 0 N–H and O–H groups in total. The number of hydrogen-bond acceptors (Lipinski definition) is 6. The second-order valence-corrected chi connectivity index (χ2v) is 17.1. The molecular formula is C54H96O6. The lowest BCUT2D eigenvalue weighted by Gasteiger charge is -2.18. The summed E-state index contributed by atoms with van der Waals surface area (Å²) in [5.74, 6) is -0.899. The molecule has 6 heteroatoms. The maximum atomic E-state index is 12.8. The van der Waals surface area contributed by atoms with Gasteiger partial charge in [0, 0.05) is 19.3 Å². The number of rotatable bonds is 46. The molecular weight excluding hydrogens is 745 g/mol. The van der Waals surface area contributed by atoms with Crippen LogP contribution < -0.4 is 0 Å². The quantitative estimate of drug-likeness (QED) is 0.0200. The van der Waals surface area contributed by atoms with Crippen molar-refractivity contribution in [3.8, 4) is 0 Å². The molecule has 0 aliphatic rings. The van der Waals surface area contributed by atoms with Crippen LogP contribution in [0.25, 0.3) is 0 Å². The Morgan fingerprint density at radius 2 is 0.683 bits per heavy atom. The SMILES string of the molecule is CC\C=C/C=C\C=C/CCCCCCCCCC(=O)OC(COC(=O)CCCCCC/C=C\CCCC)COC(=O)CCCCCCCCCCCCCCCCCCC. The van der Waals surface area contributed by atoms with Gasteiger partial charge in [-0.1, -0.05) is 230 Å². The van der Waals surface area contributed by atoms with Gasteiger partial charge < -0.3 is 14.2 Å². The molecule has 1 unspecified atom stereocenters. The van der Waals surface area contributed by atoms with Crippen molar-refractivity contribution in [2.24, 2.45) is 0 Å². The van der Waals surface area contributed by atoms with Gasteiger partial charge in [0.2, 0.25) is 0 Å². The van der Waals surface area contributed by atoms with Crippen molar-refractivity contribution in [2.75, 3.05) is 13.2 Å². The van der Waals surface area contributed by atoms with Crippen molar-refractivity contribution in [3.63, 3.8) is 0 Å². The van der Waals surface area contributed by atoms with E-state index in [0.717, 1.165) is 89.9 Å². The summed E-state index contributed by atoms with van der Waals surface area (Å²) in [6, 6.07) is 0. The van der Waals surface area contributed by atoms with Crippen LogP contribution in [0, 0.1) is 0 Å². The van der Waals surface area contributed by atoms with E-state index >= 15 is 0 Å². The average Bonchev–Trinajstić information content (AvgIpc) is 3.24. The summed E-state index contributed by atoms with van der Waals surface area (Å²) >= 11 is 0. The minimum atomic E-state index is -0.780. The molecule has 0 amide bonds. The number of ether oxygens (including phenoxy) is 3. The highest BCUT2D eigenvalue weighted by Gasteiger charge is 2.19. The molecule has 0 rings (SSSR count). The summed E-state index contributed by atoms with van der Waals surface area (Å²) in [6.45, 7) is 6.46. The summed E-state index contributed by atoms with van der Waals surface area (Å²) in [6.07, 6.45) is 58.1. The van der Waals surface area contributed by atoms with Crippen LogP contribution in [0.5, 0.6) is 0 Å². The number of carbonyl (C=O) groups excluding carboxylic acids is 3. The van der Waals surface area contributed by atoms with E-state index in [4.69, 9.17) is 14.2 Å². The summed E-state index contributed by atoms with van der Waals surface area (Å²) in [5.41, 5.74) is 0. The molecule has 0 spiro atoms. The molecule has 0 aliphatic carbocycles. The van der Waals surface area contributed by atoms with Crippen LogP contribution in [-0.4, -0.2) is 37.2 Å². The minimum absolute atomic E-state index is 0.0794. The second kappa shape index (κ2) is 49.0. The smallest absolute Gasteiger partial charge is 0.306 e. The van der Waals surface area contributed by atoms with Crippen molar-refractivity contribution >= 4 is 17.9 Å². The Bertz CT molecular complexity index is 1060. The highest BCUT2D eigenvalue weighted by molar-refractivity contribution is 5.71. The zero-order valence-electron chi connectivity index (χ0n) is 39.7.